The second-order valence-electron chi connectivity index (χ2n) is 4.71. The number of hydrogen-bond donors (Lipinski definition) is 3. The Hall–Kier alpha value is -2.69. The van der Waals surface area contributed by atoms with Gasteiger partial charge in [-0.3, -0.25) is 0 Å². The maximum absolute atomic E-state index is 11.1. The lowest BCUT2D eigenvalue weighted by Gasteiger charge is -2.11. The molecular formula is C16H17NO4. The van der Waals surface area contributed by atoms with Gasteiger partial charge < -0.3 is 20.3 Å². The fraction of sp³-hybridized carbons (Fsp3) is 0.188. The summed E-state index contributed by atoms with van der Waals surface area (Å²) in [4.78, 5) is 11.1. The minimum atomic E-state index is -1.14. The van der Waals surface area contributed by atoms with E-state index in [9.17, 15) is 9.90 Å². The van der Waals surface area contributed by atoms with Crippen LogP contribution in [0.15, 0.2) is 36.4 Å². The van der Waals surface area contributed by atoms with Gasteiger partial charge in [-0.1, -0.05) is 6.07 Å². The molecule has 0 aromatic heterocycles. The van der Waals surface area contributed by atoms with Crippen molar-refractivity contribution in [3.63, 3.8) is 0 Å². The third-order valence-electron chi connectivity index (χ3n) is 3.14. The Bertz CT molecular complexity index is 650. The molecule has 3 N–H and O–H groups in total. The van der Waals surface area contributed by atoms with Crippen LogP contribution in [0.4, 0.5) is 5.69 Å². The molecular weight excluding hydrogens is 270 g/mol. The van der Waals surface area contributed by atoms with Crippen LogP contribution in [0.3, 0.4) is 0 Å². The molecule has 0 unspecified atom stereocenters. The summed E-state index contributed by atoms with van der Waals surface area (Å²) < 4.78 is 5.08. The molecule has 0 saturated carbocycles. The second-order valence-corrected chi connectivity index (χ2v) is 4.71. The van der Waals surface area contributed by atoms with Gasteiger partial charge in [0.25, 0.3) is 0 Å². The predicted octanol–water partition coefficient (Wildman–Crippen LogP) is 3.02. The van der Waals surface area contributed by atoms with E-state index in [1.165, 1.54) is 6.07 Å². The van der Waals surface area contributed by atoms with Crippen LogP contribution in [-0.4, -0.2) is 23.3 Å². The Balaban J connectivity index is 2.17. The molecule has 0 saturated heterocycles. The average molecular weight is 287 g/mol. The van der Waals surface area contributed by atoms with Crippen LogP contribution in [0.5, 0.6) is 11.5 Å². The summed E-state index contributed by atoms with van der Waals surface area (Å²) in [5.41, 5.74) is 2.11. The largest absolute Gasteiger partial charge is 0.507 e. The van der Waals surface area contributed by atoms with Crippen LogP contribution in [-0.2, 0) is 6.54 Å². The number of methoxy groups -OCH3 is 1. The van der Waals surface area contributed by atoms with Crippen molar-refractivity contribution in [1.29, 1.82) is 0 Å². The van der Waals surface area contributed by atoms with E-state index in [-0.39, 0.29) is 11.3 Å². The molecule has 21 heavy (non-hydrogen) atoms. The number of benzene rings is 2. The Kier molecular flexibility index (Phi) is 4.33. The van der Waals surface area contributed by atoms with Crippen molar-refractivity contribution in [3.05, 3.63) is 53.1 Å². The highest BCUT2D eigenvalue weighted by molar-refractivity contribution is 5.91. The molecule has 0 aliphatic rings. The number of aromatic carboxylic acids is 1. The Morgan fingerprint density at radius 3 is 2.48 bits per heavy atom. The number of aryl methyl sites for hydroxylation is 1. The lowest BCUT2D eigenvalue weighted by Crippen LogP contribution is -2.04. The third-order valence-corrected chi connectivity index (χ3v) is 3.14. The van der Waals surface area contributed by atoms with Gasteiger partial charge >= 0.3 is 5.97 Å². The quantitative estimate of drug-likeness (QED) is 0.787. The van der Waals surface area contributed by atoms with Crippen molar-refractivity contribution in [2.24, 2.45) is 0 Å². The zero-order valence-electron chi connectivity index (χ0n) is 11.9. The molecule has 0 spiro atoms. The Morgan fingerprint density at radius 1 is 1.24 bits per heavy atom. The molecule has 0 amide bonds. The van der Waals surface area contributed by atoms with Crippen molar-refractivity contribution >= 4 is 11.7 Å². The van der Waals surface area contributed by atoms with Gasteiger partial charge in [-0.2, -0.15) is 0 Å². The molecule has 110 valence electrons. The fourth-order valence-electron chi connectivity index (χ4n) is 2.06. The number of carbonyl (C=O) groups is 1. The first-order chi connectivity index (χ1) is 10.0. The van der Waals surface area contributed by atoms with Crippen LogP contribution in [0.25, 0.3) is 0 Å². The molecule has 2 rings (SSSR count). The first-order valence-electron chi connectivity index (χ1n) is 6.45. The SMILES string of the molecule is COc1ccc(NCc2cc(C)cc(C(=O)O)c2O)cc1. The van der Waals surface area contributed by atoms with Crippen molar-refractivity contribution < 1.29 is 19.7 Å². The standard InChI is InChI=1S/C16H17NO4/c1-10-7-11(15(18)14(8-10)16(19)20)9-17-12-3-5-13(21-2)6-4-12/h3-8,17-18H,9H2,1-2H3,(H,19,20). The van der Waals surface area contributed by atoms with Crippen LogP contribution < -0.4 is 10.1 Å². The molecule has 5 nitrogen and oxygen atoms in total. The molecule has 0 atom stereocenters. The number of ether oxygens (including phenoxy) is 1. The molecule has 0 radical (unpaired) electrons. The van der Waals surface area contributed by atoms with Crippen LogP contribution >= 0.6 is 0 Å². The van der Waals surface area contributed by atoms with Gasteiger partial charge in [0.2, 0.25) is 0 Å². The first kappa shape index (κ1) is 14.7. The van der Waals surface area contributed by atoms with Crippen molar-refractivity contribution in [2.75, 3.05) is 12.4 Å². The number of carboxylic acids is 1. The number of rotatable bonds is 5. The summed E-state index contributed by atoms with van der Waals surface area (Å²) in [7, 11) is 1.60. The lowest BCUT2D eigenvalue weighted by atomic mass is 10.0. The van der Waals surface area contributed by atoms with E-state index in [1.807, 2.05) is 24.3 Å². The van der Waals surface area contributed by atoms with Gasteiger partial charge in [0.15, 0.2) is 0 Å². The van der Waals surface area contributed by atoms with Gasteiger partial charge in [-0.25, -0.2) is 4.79 Å². The number of nitrogens with one attached hydrogen (secondary N) is 1. The van der Waals surface area contributed by atoms with Gasteiger partial charge in [0.05, 0.1) is 7.11 Å². The molecule has 2 aromatic rings. The highest BCUT2D eigenvalue weighted by atomic mass is 16.5. The molecule has 0 fully saturated rings. The maximum Gasteiger partial charge on any atom is 0.339 e. The van der Waals surface area contributed by atoms with E-state index < -0.39 is 5.97 Å². The van der Waals surface area contributed by atoms with Gasteiger partial charge in [-0.15, -0.1) is 0 Å². The minimum Gasteiger partial charge on any atom is -0.507 e. The molecule has 5 heteroatoms. The van der Waals surface area contributed by atoms with Crippen molar-refractivity contribution in [3.8, 4) is 11.5 Å². The number of aromatic hydroxyl groups is 1. The highest BCUT2D eigenvalue weighted by Crippen LogP contribution is 2.26. The van der Waals surface area contributed by atoms with E-state index in [0.29, 0.717) is 12.1 Å². The van der Waals surface area contributed by atoms with Gasteiger partial charge in [-0.05, 0) is 42.8 Å². The summed E-state index contributed by atoms with van der Waals surface area (Å²) in [6.45, 7) is 2.13. The van der Waals surface area contributed by atoms with E-state index in [0.717, 1.165) is 17.0 Å². The highest BCUT2D eigenvalue weighted by Gasteiger charge is 2.14. The summed E-state index contributed by atoms with van der Waals surface area (Å²) in [6, 6.07) is 10.6. The van der Waals surface area contributed by atoms with Crippen LogP contribution in [0.2, 0.25) is 0 Å². The molecule has 0 aliphatic heterocycles. The van der Waals surface area contributed by atoms with Crippen LogP contribution in [0.1, 0.15) is 21.5 Å². The molecule has 0 heterocycles. The number of carboxylic acid groups (broad SMARTS) is 1. The summed E-state index contributed by atoms with van der Waals surface area (Å²) in [5.74, 6) is -0.580. The predicted molar refractivity (Wildman–Crippen MR) is 80.1 cm³/mol. The maximum atomic E-state index is 11.1. The Labute approximate surface area is 122 Å². The normalized spacial score (nSPS) is 10.2. The minimum absolute atomic E-state index is 0.0819. The second kappa shape index (κ2) is 6.17. The summed E-state index contributed by atoms with van der Waals surface area (Å²) in [5, 5.41) is 22.2. The Morgan fingerprint density at radius 2 is 1.90 bits per heavy atom. The number of anilines is 1. The third kappa shape index (κ3) is 3.45. The fourth-order valence-corrected chi connectivity index (χ4v) is 2.06. The molecule has 0 bridgehead atoms. The van der Waals surface area contributed by atoms with E-state index in [2.05, 4.69) is 5.32 Å². The average Bonchev–Trinajstić information content (AvgIpc) is 2.48. The smallest absolute Gasteiger partial charge is 0.339 e. The topological polar surface area (TPSA) is 78.8 Å². The van der Waals surface area contributed by atoms with Gasteiger partial charge in [0, 0.05) is 17.8 Å². The van der Waals surface area contributed by atoms with E-state index in [4.69, 9.17) is 9.84 Å². The molecule has 0 aliphatic carbocycles. The van der Waals surface area contributed by atoms with Crippen LogP contribution in [0, 0.1) is 6.92 Å². The van der Waals surface area contributed by atoms with E-state index >= 15 is 0 Å². The van der Waals surface area contributed by atoms with Crippen molar-refractivity contribution in [1.82, 2.24) is 0 Å². The summed E-state index contributed by atoms with van der Waals surface area (Å²) in [6.07, 6.45) is 0. The molecule has 2 aromatic carbocycles. The number of hydrogen-bond acceptors (Lipinski definition) is 4. The summed E-state index contributed by atoms with van der Waals surface area (Å²) >= 11 is 0. The monoisotopic (exact) mass is 287 g/mol. The first-order valence-corrected chi connectivity index (χ1v) is 6.45. The van der Waals surface area contributed by atoms with Gasteiger partial charge in [0.1, 0.15) is 17.1 Å². The van der Waals surface area contributed by atoms with E-state index in [1.54, 1.807) is 20.1 Å². The zero-order valence-corrected chi connectivity index (χ0v) is 11.9. The number of phenols is 1. The lowest BCUT2D eigenvalue weighted by molar-refractivity contribution is 0.0693. The zero-order chi connectivity index (χ0) is 15.4. The van der Waals surface area contributed by atoms with Crippen molar-refractivity contribution in [2.45, 2.75) is 13.5 Å².